The molecule has 4 saturated carbocycles. The smallest absolute Gasteiger partial charge is 0.243 e. The van der Waals surface area contributed by atoms with Gasteiger partial charge in [-0.1, -0.05) is 48.5 Å². The van der Waals surface area contributed by atoms with E-state index in [1.165, 1.54) is 24.8 Å². The maximum absolute atomic E-state index is 13.8. The zero-order valence-electron chi connectivity index (χ0n) is 19.5. The first-order chi connectivity index (χ1) is 15.3. The molecule has 4 aliphatic carbocycles. The number of rotatable bonds is 5. The van der Waals surface area contributed by atoms with Gasteiger partial charge in [-0.15, -0.1) is 0 Å². The molecule has 168 valence electrons. The highest BCUT2D eigenvalue weighted by Crippen LogP contribution is 2.66. The predicted molar refractivity (Wildman–Crippen MR) is 127 cm³/mol. The van der Waals surface area contributed by atoms with Crippen LogP contribution in [0.2, 0.25) is 0 Å². The minimum atomic E-state index is -0.312. The molecular formula is C28H34N2O2. The molecule has 0 radical (unpaired) electrons. The average Bonchev–Trinajstić information content (AvgIpc) is 2.75. The molecule has 0 heterocycles. The molecule has 0 aliphatic heterocycles. The van der Waals surface area contributed by atoms with Gasteiger partial charge in [0.2, 0.25) is 11.8 Å². The number of amides is 2. The van der Waals surface area contributed by atoms with Crippen molar-refractivity contribution >= 4 is 17.5 Å². The molecule has 2 atom stereocenters. The predicted octanol–water partition coefficient (Wildman–Crippen LogP) is 5.24. The third-order valence-corrected chi connectivity index (χ3v) is 8.37. The zero-order valence-corrected chi connectivity index (χ0v) is 19.5. The SMILES string of the molecule is Cc1cccc(C)c1NC(=O)CN(C)C(=O)C12CC3CC(C1)CC(c1ccccc1)(C3)C2. The highest BCUT2D eigenvalue weighted by Gasteiger charge is 2.61. The molecule has 0 spiro atoms. The first kappa shape index (κ1) is 21.2. The van der Waals surface area contributed by atoms with Crippen molar-refractivity contribution in [3.05, 3.63) is 65.2 Å². The second-order valence-electron chi connectivity index (χ2n) is 10.9. The van der Waals surface area contributed by atoms with E-state index in [4.69, 9.17) is 0 Å². The Kier molecular flexibility index (Phi) is 5.15. The van der Waals surface area contributed by atoms with Crippen LogP contribution in [0.4, 0.5) is 5.69 Å². The minimum absolute atomic E-state index is 0.0992. The van der Waals surface area contributed by atoms with Crippen LogP contribution < -0.4 is 5.32 Å². The number of carbonyl (C=O) groups excluding carboxylic acids is 2. The summed E-state index contributed by atoms with van der Waals surface area (Å²) in [6.07, 6.45) is 6.58. The first-order valence-electron chi connectivity index (χ1n) is 12.0. The van der Waals surface area contributed by atoms with Crippen molar-refractivity contribution in [2.45, 2.75) is 57.8 Å². The van der Waals surface area contributed by atoms with E-state index < -0.39 is 0 Å². The Hall–Kier alpha value is -2.62. The lowest BCUT2D eigenvalue weighted by molar-refractivity contribution is -0.159. The molecule has 2 unspecified atom stereocenters. The maximum atomic E-state index is 13.8. The molecule has 0 saturated heterocycles. The van der Waals surface area contributed by atoms with E-state index in [2.05, 4.69) is 35.6 Å². The summed E-state index contributed by atoms with van der Waals surface area (Å²) in [7, 11) is 1.81. The normalized spacial score (nSPS) is 30.2. The molecule has 2 aromatic carbocycles. The summed E-state index contributed by atoms with van der Waals surface area (Å²) in [5.74, 6) is 1.29. The van der Waals surface area contributed by atoms with Crippen molar-refractivity contribution in [3.8, 4) is 0 Å². The minimum Gasteiger partial charge on any atom is -0.336 e. The average molecular weight is 431 g/mol. The summed E-state index contributed by atoms with van der Waals surface area (Å²) in [5, 5.41) is 3.04. The maximum Gasteiger partial charge on any atom is 0.243 e. The Morgan fingerprint density at radius 2 is 1.56 bits per heavy atom. The Morgan fingerprint density at radius 1 is 0.938 bits per heavy atom. The van der Waals surface area contributed by atoms with Crippen LogP contribution in [-0.2, 0) is 15.0 Å². The molecule has 32 heavy (non-hydrogen) atoms. The van der Waals surface area contributed by atoms with Gasteiger partial charge in [-0.3, -0.25) is 9.59 Å². The van der Waals surface area contributed by atoms with E-state index in [-0.39, 0.29) is 29.2 Å². The standard InChI is InChI=1S/C28H34N2O2/c1-19-8-7-9-20(2)25(19)29-24(31)17-30(3)26(32)28-15-21-12-22(16-28)14-27(13-21,18-28)23-10-5-4-6-11-23/h4-11,21-22H,12-18H2,1-3H3,(H,29,31). The van der Waals surface area contributed by atoms with Crippen LogP contribution in [0.15, 0.2) is 48.5 Å². The largest absolute Gasteiger partial charge is 0.336 e. The van der Waals surface area contributed by atoms with Gasteiger partial charge >= 0.3 is 0 Å². The van der Waals surface area contributed by atoms with E-state index in [1.807, 2.05) is 32.0 Å². The number of aryl methyl sites for hydroxylation is 2. The van der Waals surface area contributed by atoms with Gasteiger partial charge in [0.15, 0.2) is 0 Å². The number of benzene rings is 2. The molecule has 4 fully saturated rings. The van der Waals surface area contributed by atoms with E-state index >= 15 is 0 Å². The molecule has 0 aromatic heterocycles. The molecule has 6 rings (SSSR count). The van der Waals surface area contributed by atoms with Crippen molar-refractivity contribution in [2.24, 2.45) is 17.3 Å². The van der Waals surface area contributed by atoms with Gasteiger partial charge in [0.25, 0.3) is 0 Å². The van der Waals surface area contributed by atoms with Gasteiger partial charge in [-0.2, -0.15) is 0 Å². The summed E-state index contributed by atoms with van der Waals surface area (Å²) in [4.78, 5) is 28.4. The van der Waals surface area contributed by atoms with Crippen molar-refractivity contribution < 1.29 is 9.59 Å². The lowest BCUT2D eigenvalue weighted by atomic mass is 9.42. The molecule has 1 N–H and O–H groups in total. The molecule has 4 heteroatoms. The Bertz CT molecular complexity index is 1010. The number of para-hydroxylation sites is 1. The topological polar surface area (TPSA) is 49.4 Å². The van der Waals surface area contributed by atoms with Gasteiger partial charge in [0.05, 0.1) is 12.0 Å². The second kappa shape index (κ2) is 7.75. The zero-order chi connectivity index (χ0) is 22.5. The number of carbonyl (C=O) groups is 2. The second-order valence-corrected chi connectivity index (χ2v) is 10.9. The number of nitrogens with zero attached hydrogens (tertiary/aromatic N) is 1. The van der Waals surface area contributed by atoms with Gasteiger partial charge in [-0.05, 0) is 86.3 Å². The molecule has 2 amide bonds. The number of anilines is 1. The summed E-state index contributed by atoms with van der Waals surface area (Å²) in [6, 6.07) is 16.8. The van der Waals surface area contributed by atoms with Crippen molar-refractivity contribution in [1.29, 1.82) is 0 Å². The van der Waals surface area contributed by atoms with Crippen LogP contribution >= 0.6 is 0 Å². The summed E-state index contributed by atoms with van der Waals surface area (Å²) < 4.78 is 0. The number of nitrogens with one attached hydrogen (secondary N) is 1. The van der Waals surface area contributed by atoms with Crippen LogP contribution in [0.1, 0.15) is 55.2 Å². The van der Waals surface area contributed by atoms with Gasteiger partial charge in [0.1, 0.15) is 0 Å². The Labute approximate surface area is 191 Å². The van der Waals surface area contributed by atoms with Crippen LogP contribution in [0.3, 0.4) is 0 Å². The van der Waals surface area contributed by atoms with E-state index in [0.717, 1.165) is 36.1 Å². The van der Waals surface area contributed by atoms with Gasteiger partial charge < -0.3 is 10.2 Å². The lowest BCUT2D eigenvalue weighted by Gasteiger charge is -2.62. The highest BCUT2D eigenvalue weighted by atomic mass is 16.2. The van der Waals surface area contributed by atoms with Crippen LogP contribution in [0.5, 0.6) is 0 Å². The fourth-order valence-corrected chi connectivity index (χ4v) is 7.52. The fourth-order valence-electron chi connectivity index (χ4n) is 7.52. The van der Waals surface area contributed by atoms with Crippen molar-refractivity contribution in [1.82, 2.24) is 4.90 Å². The summed E-state index contributed by atoms with van der Waals surface area (Å²) in [5.41, 5.74) is 4.16. The number of hydrogen-bond donors (Lipinski definition) is 1. The Morgan fingerprint density at radius 3 is 2.19 bits per heavy atom. The summed E-state index contributed by atoms with van der Waals surface area (Å²) >= 11 is 0. The molecular weight excluding hydrogens is 396 g/mol. The molecule has 4 nitrogen and oxygen atoms in total. The molecule has 4 bridgehead atoms. The van der Waals surface area contributed by atoms with E-state index in [1.54, 1.807) is 11.9 Å². The fraction of sp³-hybridized carbons (Fsp3) is 0.500. The first-order valence-corrected chi connectivity index (χ1v) is 12.0. The van der Waals surface area contributed by atoms with Crippen molar-refractivity contribution in [3.63, 3.8) is 0 Å². The van der Waals surface area contributed by atoms with Gasteiger partial charge in [0, 0.05) is 12.7 Å². The monoisotopic (exact) mass is 430 g/mol. The van der Waals surface area contributed by atoms with Crippen LogP contribution in [0.25, 0.3) is 0 Å². The summed E-state index contributed by atoms with van der Waals surface area (Å²) in [6.45, 7) is 4.09. The molecule has 4 aliphatic rings. The quantitative estimate of drug-likeness (QED) is 0.705. The highest BCUT2D eigenvalue weighted by molar-refractivity contribution is 5.96. The third-order valence-electron chi connectivity index (χ3n) is 8.37. The van der Waals surface area contributed by atoms with E-state index in [0.29, 0.717) is 11.8 Å². The number of hydrogen-bond acceptors (Lipinski definition) is 2. The Balaban J connectivity index is 1.34. The van der Waals surface area contributed by atoms with Crippen LogP contribution in [0, 0.1) is 31.1 Å². The van der Waals surface area contributed by atoms with Gasteiger partial charge in [-0.25, -0.2) is 0 Å². The van der Waals surface area contributed by atoms with Crippen molar-refractivity contribution in [2.75, 3.05) is 18.9 Å². The van der Waals surface area contributed by atoms with Crippen LogP contribution in [-0.4, -0.2) is 30.3 Å². The lowest BCUT2D eigenvalue weighted by Crippen LogP contribution is -2.59. The number of likely N-dealkylation sites (N-methyl/N-ethyl adjacent to an activating group) is 1. The van der Waals surface area contributed by atoms with E-state index in [9.17, 15) is 9.59 Å². The third kappa shape index (κ3) is 3.54. The molecule has 2 aromatic rings.